The maximum atomic E-state index is 12.9. The zero-order valence-corrected chi connectivity index (χ0v) is 14.0. The van der Waals surface area contributed by atoms with E-state index in [4.69, 9.17) is 4.42 Å². The predicted octanol–water partition coefficient (Wildman–Crippen LogP) is 1.34. The summed E-state index contributed by atoms with van der Waals surface area (Å²) in [4.78, 5) is 40.2. The van der Waals surface area contributed by atoms with E-state index in [1.807, 2.05) is 0 Å². The largest absolute Gasteiger partial charge is 0.481 e. The lowest BCUT2D eigenvalue weighted by Gasteiger charge is -2.24. The number of fused-ring (bicyclic) bond motifs is 1. The molecule has 134 valence electrons. The molecule has 3 heterocycles. The van der Waals surface area contributed by atoms with E-state index in [1.54, 1.807) is 28.2 Å². The standard InChI is InChI=1S/C18H22N2O5/c21-15-7-12(8-19(15)10-14-4-2-6-25-14)16(22)20-9-13-3-1-5-18(13,11-20)17(23)24/h2,4,6,12-13H,1,3,5,7-11H2,(H,23,24)/t12?,13-,18+/m0/s1. The zero-order valence-electron chi connectivity index (χ0n) is 14.0. The van der Waals surface area contributed by atoms with E-state index in [9.17, 15) is 19.5 Å². The average Bonchev–Trinajstić information content (AvgIpc) is 3.31. The van der Waals surface area contributed by atoms with Crippen molar-refractivity contribution in [2.75, 3.05) is 19.6 Å². The first-order chi connectivity index (χ1) is 12.0. The van der Waals surface area contributed by atoms with Gasteiger partial charge >= 0.3 is 5.97 Å². The van der Waals surface area contributed by atoms with Gasteiger partial charge < -0.3 is 19.3 Å². The number of furan rings is 1. The summed E-state index contributed by atoms with van der Waals surface area (Å²) in [6, 6.07) is 3.58. The van der Waals surface area contributed by atoms with Crippen LogP contribution in [0.4, 0.5) is 0 Å². The molecule has 3 aliphatic rings. The van der Waals surface area contributed by atoms with Gasteiger partial charge in [0.05, 0.1) is 24.1 Å². The van der Waals surface area contributed by atoms with E-state index >= 15 is 0 Å². The molecule has 3 atom stereocenters. The van der Waals surface area contributed by atoms with Crippen molar-refractivity contribution in [3.8, 4) is 0 Å². The number of amides is 2. The molecule has 1 unspecified atom stereocenters. The van der Waals surface area contributed by atoms with Crippen LogP contribution in [0.5, 0.6) is 0 Å². The second kappa shape index (κ2) is 5.89. The second-order valence-corrected chi connectivity index (χ2v) is 7.52. The first kappa shape index (κ1) is 16.2. The Morgan fingerprint density at radius 3 is 2.88 bits per heavy atom. The highest BCUT2D eigenvalue weighted by Gasteiger charge is 2.56. The van der Waals surface area contributed by atoms with Crippen LogP contribution in [-0.4, -0.2) is 52.3 Å². The summed E-state index contributed by atoms with van der Waals surface area (Å²) in [6.45, 7) is 1.54. The molecule has 2 aliphatic heterocycles. The SMILES string of the molecule is O=C1CC(C(=O)N2C[C@@H]3CCC[C@@]3(C(=O)O)C2)CN1Cc1ccco1. The molecular weight excluding hydrogens is 324 g/mol. The Bertz CT molecular complexity index is 700. The lowest BCUT2D eigenvalue weighted by molar-refractivity contribution is -0.149. The molecule has 25 heavy (non-hydrogen) atoms. The molecule has 1 saturated carbocycles. The van der Waals surface area contributed by atoms with Gasteiger partial charge in [-0.25, -0.2) is 0 Å². The Kier molecular flexibility index (Phi) is 3.81. The summed E-state index contributed by atoms with van der Waals surface area (Å²) in [5, 5.41) is 9.66. The summed E-state index contributed by atoms with van der Waals surface area (Å²) in [5.74, 6) is -0.556. The van der Waals surface area contributed by atoms with Crippen LogP contribution >= 0.6 is 0 Å². The summed E-state index contributed by atoms with van der Waals surface area (Å²) < 4.78 is 5.27. The molecule has 1 aromatic heterocycles. The van der Waals surface area contributed by atoms with E-state index < -0.39 is 11.4 Å². The van der Waals surface area contributed by atoms with Crippen molar-refractivity contribution < 1.29 is 23.9 Å². The van der Waals surface area contributed by atoms with Crippen LogP contribution < -0.4 is 0 Å². The van der Waals surface area contributed by atoms with Gasteiger partial charge in [-0.1, -0.05) is 6.42 Å². The third-order valence-electron chi connectivity index (χ3n) is 6.10. The molecule has 3 fully saturated rings. The molecule has 1 N–H and O–H groups in total. The summed E-state index contributed by atoms with van der Waals surface area (Å²) in [7, 11) is 0. The van der Waals surface area contributed by atoms with Crippen LogP contribution in [0.15, 0.2) is 22.8 Å². The zero-order chi connectivity index (χ0) is 17.6. The van der Waals surface area contributed by atoms with Crippen LogP contribution in [0.25, 0.3) is 0 Å². The predicted molar refractivity (Wildman–Crippen MR) is 86.2 cm³/mol. The molecule has 0 radical (unpaired) electrons. The summed E-state index contributed by atoms with van der Waals surface area (Å²) in [5.41, 5.74) is -0.772. The van der Waals surface area contributed by atoms with Gasteiger partial charge in [-0.3, -0.25) is 14.4 Å². The number of rotatable bonds is 4. The number of likely N-dealkylation sites (tertiary alicyclic amines) is 2. The van der Waals surface area contributed by atoms with Gasteiger partial charge in [-0.15, -0.1) is 0 Å². The van der Waals surface area contributed by atoms with E-state index in [-0.39, 0.29) is 36.6 Å². The molecule has 0 spiro atoms. The van der Waals surface area contributed by atoms with Crippen molar-refractivity contribution >= 4 is 17.8 Å². The summed E-state index contributed by atoms with van der Waals surface area (Å²) in [6.07, 6.45) is 4.18. The maximum Gasteiger partial charge on any atom is 0.311 e. The first-order valence-electron chi connectivity index (χ1n) is 8.82. The van der Waals surface area contributed by atoms with Crippen LogP contribution in [0.1, 0.15) is 31.4 Å². The topological polar surface area (TPSA) is 91.1 Å². The number of carbonyl (C=O) groups is 3. The Morgan fingerprint density at radius 1 is 1.36 bits per heavy atom. The number of aliphatic carboxylic acids is 1. The molecule has 1 aromatic rings. The van der Waals surface area contributed by atoms with Crippen LogP contribution in [-0.2, 0) is 20.9 Å². The smallest absolute Gasteiger partial charge is 0.311 e. The lowest BCUT2D eigenvalue weighted by atomic mass is 9.81. The second-order valence-electron chi connectivity index (χ2n) is 7.52. The van der Waals surface area contributed by atoms with Crippen molar-refractivity contribution in [2.24, 2.45) is 17.3 Å². The van der Waals surface area contributed by atoms with Crippen LogP contribution in [0, 0.1) is 17.3 Å². The van der Waals surface area contributed by atoms with E-state index in [1.165, 1.54) is 0 Å². The van der Waals surface area contributed by atoms with Gasteiger partial charge in [0.2, 0.25) is 11.8 Å². The molecule has 2 saturated heterocycles. The molecule has 7 nitrogen and oxygen atoms in total. The molecule has 2 amide bonds. The van der Waals surface area contributed by atoms with Gasteiger partial charge in [-0.2, -0.15) is 0 Å². The van der Waals surface area contributed by atoms with Gasteiger partial charge in [0.15, 0.2) is 0 Å². The molecule has 7 heteroatoms. The Morgan fingerprint density at radius 2 is 2.20 bits per heavy atom. The van der Waals surface area contributed by atoms with Crippen molar-refractivity contribution in [3.05, 3.63) is 24.2 Å². The highest BCUT2D eigenvalue weighted by Crippen LogP contribution is 2.49. The molecular formula is C18H22N2O5. The van der Waals surface area contributed by atoms with Gasteiger partial charge in [0, 0.05) is 26.1 Å². The molecule has 1 aliphatic carbocycles. The number of hydrogen-bond donors (Lipinski definition) is 1. The Hall–Kier alpha value is -2.31. The molecule has 0 bridgehead atoms. The fourth-order valence-corrected chi connectivity index (χ4v) is 4.75. The number of carboxylic acid groups (broad SMARTS) is 1. The highest BCUT2D eigenvalue weighted by molar-refractivity contribution is 5.90. The normalized spacial score (nSPS) is 31.6. The van der Waals surface area contributed by atoms with Crippen LogP contribution in [0.2, 0.25) is 0 Å². The van der Waals surface area contributed by atoms with E-state index in [0.717, 1.165) is 12.8 Å². The fraction of sp³-hybridized carbons (Fsp3) is 0.611. The van der Waals surface area contributed by atoms with Crippen LogP contribution in [0.3, 0.4) is 0 Å². The van der Waals surface area contributed by atoms with Crippen molar-refractivity contribution in [2.45, 2.75) is 32.2 Å². The maximum absolute atomic E-state index is 12.9. The quantitative estimate of drug-likeness (QED) is 0.888. The highest BCUT2D eigenvalue weighted by atomic mass is 16.4. The number of carboxylic acids is 1. The fourth-order valence-electron chi connectivity index (χ4n) is 4.75. The van der Waals surface area contributed by atoms with Gasteiger partial charge in [-0.05, 0) is 30.9 Å². The Labute approximate surface area is 145 Å². The minimum absolute atomic E-state index is 0.0466. The Balaban J connectivity index is 1.42. The minimum Gasteiger partial charge on any atom is -0.481 e. The third-order valence-corrected chi connectivity index (χ3v) is 6.10. The number of nitrogens with zero attached hydrogens (tertiary/aromatic N) is 2. The van der Waals surface area contributed by atoms with Crippen molar-refractivity contribution in [1.29, 1.82) is 0 Å². The first-order valence-corrected chi connectivity index (χ1v) is 8.82. The lowest BCUT2D eigenvalue weighted by Crippen LogP contribution is -2.40. The third kappa shape index (κ3) is 2.62. The number of carbonyl (C=O) groups excluding carboxylic acids is 2. The monoisotopic (exact) mass is 346 g/mol. The van der Waals surface area contributed by atoms with Gasteiger partial charge in [0.1, 0.15) is 5.76 Å². The summed E-state index contributed by atoms with van der Waals surface area (Å²) >= 11 is 0. The molecule has 0 aromatic carbocycles. The van der Waals surface area contributed by atoms with Gasteiger partial charge in [0.25, 0.3) is 0 Å². The van der Waals surface area contributed by atoms with Crippen molar-refractivity contribution in [1.82, 2.24) is 9.80 Å². The average molecular weight is 346 g/mol. The van der Waals surface area contributed by atoms with E-state index in [2.05, 4.69) is 0 Å². The van der Waals surface area contributed by atoms with Crippen molar-refractivity contribution in [3.63, 3.8) is 0 Å². The number of hydrogen-bond acceptors (Lipinski definition) is 4. The minimum atomic E-state index is -0.785. The van der Waals surface area contributed by atoms with E-state index in [0.29, 0.717) is 31.8 Å². The molecule has 4 rings (SSSR count).